The van der Waals surface area contributed by atoms with Crippen LogP contribution in [0.25, 0.3) is 0 Å². The van der Waals surface area contributed by atoms with Crippen LogP contribution in [0.15, 0.2) is 18.7 Å². The number of aromatic nitrogens is 2. The Bertz CT molecular complexity index is 315. The number of hydrogen-bond donors (Lipinski definition) is 1. The van der Waals surface area contributed by atoms with E-state index >= 15 is 0 Å². The lowest BCUT2D eigenvalue weighted by Crippen LogP contribution is -2.46. The predicted octanol–water partition coefficient (Wildman–Crippen LogP) is 0.584. The van der Waals surface area contributed by atoms with Crippen molar-refractivity contribution in [2.75, 3.05) is 39.3 Å². The summed E-state index contributed by atoms with van der Waals surface area (Å²) >= 11 is 0. The number of morpholine rings is 1. The number of hydrogen-bond acceptors (Lipinski definition) is 4. The Hall–Kier alpha value is -0.910. The second kappa shape index (κ2) is 7.51. The standard InChI is InChI=1S/C13H24N4O/c1-2-16-8-9-18-13(11-16)10-14-4-3-6-17-7-5-15-12-17/h5,7,12-14H,2-4,6,8-11H2,1H3. The second-order valence-electron chi connectivity index (χ2n) is 4.74. The van der Waals surface area contributed by atoms with Gasteiger partial charge >= 0.3 is 0 Å². The van der Waals surface area contributed by atoms with E-state index in [1.165, 1.54) is 0 Å². The van der Waals surface area contributed by atoms with Gasteiger partial charge in [-0.2, -0.15) is 0 Å². The van der Waals surface area contributed by atoms with Gasteiger partial charge in [-0.05, 0) is 19.5 Å². The smallest absolute Gasteiger partial charge is 0.0945 e. The van der Waals surface area contributed by atoms with Crippen molar-refractivity contribution in [3.8, 4) is 0 Å². The zero-order valence-corrected chi connectivity index (χ0v) is 11.2. The summed E-state index contributed by atoms with van der Waals surface area (Å²) < 4.78 is 7.85. The molecule has 5 heteroatoms. The first-order valence-corrected chi connectivity index (χ1v) is 6.89. The van der Waals surface area contributed by atoms with E-state index < -0.39 is 0 Å². The van der Waals surface area contributed by atoms with Crippen molar-refractivity contribution in [2.24, 2.45) is 0 Å². The van der Waals surface area contributed by atoms with E-state index in [0.717, 1.165) is 52.3 Å². The maximum atomic E-state index is 5.74. The summed E-state index contributed by atoms with van der Waals surface area (Å²) in [5.74, 6) is 0. The first-order chi connectivity index (χ1) is 8.88. The molecule has 1 aliphatic heterocycles. The molecule has 5 nitrogen and oxygen atoms in total. The monoisotopic (exact) mass is 252 g/mol. The molecule has 0 amide bonds. The average Bonchev–Trinajstić information content (AvgIpc) is 2.92. The molecule has 1 aromatic heterocycles. The third-order valence-corrected chi connectivity index (χ3v) is 3.37. The summed E-state index contributed by atoms with van der Waals surface area (Å²) in [7, 11) is 0. The van der Waals surface area contributed by atoms with Crippen molar-refractivity contribution < 1.29 is 4.74 Å². The molecule has 0 bridgehead atoms. The first kappa shape index (κ1) is 13.5. The fourth-order valence-corrected chi connectivity index (χ4v) is 2.26. The molecule has 0 spiro atoms. The van der Waals surface area contributed by atoms with Crippen molar-refractivity contribution in [1.29, 1.82) is 0 Å². The quantitative estimate of drug-likeness (QED) is 0.721. The van der Waals surface area contributed by atoms with Gasteiger partial charge in [-0.25, -0.2) is 4.98 Å². The summed E-state index contributed by atoms with van der Waals surface area (Å²) in [6.45, 7) is 9.36. The normalized spacial score (nSPS) is 21.3. The Labute approximate surface area is 109 Å². The third-order valence-electron chi connectivity index (χ3n) is 3.37. The van der Waals surface area contributed by atoms with Crippen molar-refractivity contribution in [1.82, 2.24) is 19.8 Å². The van der Waals surface area contributed by atoms with Crippen LogP contribution in [0.4, 0.5) is 0 Å². The van der Waals surface area contributed by atoms with Crippen molar-refractivity contribution in [2.45, 2.75) is 26.0 Å². The summed E-state index contributed by atoms with van der Waals surface area (Å²) in [6.07, 6.45) is 7.17. The number of ether oxygens (including phenoxy) is 1. The zero-order chi connectivity index (χ0) is 12.6. The van der Waals surface area contributed by atoms with Gasteiger partial charge in [-0.3, -0.25) is 4.90 Å². The molecule has 2 rings (SSSR count). The van der Waals surface area contributed by atoms with Crippen LogP contribution in [0.2, 0.25) is 0 Å². The SMILES string of the molecule is CCN1CCOC(CNCCCn2ccnc2)C1. The third kappa shape index (κ3) is 4.40. The maximum Gasteiger partial charge on any atom is 0.0945 e. The van der Waals surface area contributed by atoms with Crippen LogP contribution in [0.1, 0.15) is 13.3 Å². The average molecular weight is 252 g/mol. The van der Waals surface area contributed by atoms with Gasteiger partial charge in [-0.15, -0.1) is 0 Å². The highest BCUT2D eigenvalue weighted by atomic mass is 16.5. The van der Waals surface area contributed by atoms with Crippen LogP contribution in [0, 0.1) is 0 Å². The topological polar surface area (TPSA) is 42.3 Å². The van der Waals surface area contributed by atoms with Crippen LogP contribution >= 0.6 is 0 Å². The molecule has 1 aromatic rings. The Morgan fingerprint density at radius 2 is 2.44 bits per heavy atom. The van der Waals surface area contributed by atoms with Crippen LogP contribution in [0.3, 0.4) is 0 Å². The second-order valence-corrected chi connectivity index (χ2v) is 4.74. The maximum absolute atomic E-state index is 5.74. The predicted molar refractivity (Wildman–Crippen MR) is 71.6 cm³/mol. The minimum Gasteiger partial charge on any atom is -0.374 e. The summed E-state index contributed by atoms with van der Waals surface area (Å²) in [4.78, 5) is 6.48. The minimum absolute atomic E-state index is 0.354. The number of imidazole rings is 1. The molecule has 1 aliphatic rings. The molecule has 1 saturated heterocycles. The highest BCUT2D eigenvalue weighted by Crippen LogP contribution is 2.03. The van der Waals surface area contributed by atoms with Gasteiger partial charge in [0.25, 0.3) is 0 Å². The van der Waals surface area contributed by atoms with Gasteiger partial charge < -0.3 is 14.6 Å². The number of rotatable bonds is 7. The Morgan fingerprint density at radius 3 is 3.22 bits per heavy atom. The molecule has 18 heavy (non-hydrogen) atoms. The van der Waals surface area contributed by atoms with E-state index in [4.69, 9.17) is 4.74 Å². The fraction of sp³-hybridized carbons (Fsp3) is 0.769. The lowest BCUT2D eigenvalue weighted by Gasteiger charge is -2.32. The molecular weight excluding hydrogens is 228 g/mol. The van der Waals surface area contributed by atoms with Gasteiger partial charge in [0.2, 0.25) is 0 Å². The van der Waals surface area contributed by atoms with Crippen molar-refractivity contribution in [3.05, 3.63) is 18.7 Å². The van der Waals surface area contributed by atoms with E-state index in [1.807, 2.05) is 18.7 Å². The van der Waals surface area contributed by atoms with Crippen molar-refractivity contribution in [3.63, 3.8) is 0 Å². The molecule has 102 valence electrons. The lowest BCUT2D eigenvalue weighted by molar-refractivity contribution is -0.0251. The summed E-state index contributed by atoms with van der Waals surface area (Å²) in [6, 6.07) is 0. The van der Waals surface area contributed by atoms with Gasteiger partial charge in [0.1, 0.15) is 0 Å². The molecule has 0 aliphatic carbocycles. The van der Waals surface area contributed by atoms with Crippen LogP contribution < -0.4 is 5.32 Å². The lowest BCUT2D eigenvalue weighted by atomic mass is 10.2. The molecule has 1 fully saturated rings. The van der Waals surface area contributed by atoms with Crippen molar-refractivity contribution >= 4 is 0 Å². The van der Waals surface area contributed by atoms with Crippen LogP contribution in [-0.4, -0.2) is 59.9 Å². The highest BCUT2D eigenvalue weighted by Gasteiger charge is 2.18. The summed E-state index contributed by atoms with van der Waals surface area (Å²) in [5, 5.41) is 3.48. The van der Waals surface area contributed by atoms with Gasteiger partial charge in [0.05, 0.1) is 19.0 Å². The zero-order valence-electron chi connectivity index (χ0n) is 11.2. The molecule has 2 heterocycles. The Morgan fingerprint density at radius 1 is 1.50 bits per heavy atom. The fourth-order valence-electron chi connectivity index (χ4n) is 2.26. The van der Waals surface area contributed by atoms with Gasteiger partial charge in [0, 0.05) is 38.6 Å². The number of nitrogens with one attached hydrogen (secondary N) is 1. The molecule has 1 unspecified atom stereocenters. The molecule has 1 N–H and O–H groups in total. The van der Waals surface area contributed by atoms with Crippen LogP contribution in [0.5, 0.6) is 0 Å². The number of nitrogens with zero attached hydrogens (tertiary/aromatic N) is 3. The van der Waals surface area contributed by atoms with E-state index in [-0.39, 0.29) is 0 Å². The summed E-state index contributed by atoms with van der Waals surface area (Å²) in [5.41, 5.74) is 0. The largest absolute Gasteiger partial charge is 0.374 e. The number of likely N-dealkylation sites (N-methyl/N-ethyl adjacent to an activating group) is 1. The Kier molecular flexibility index (Phi) is 5.64. The number of aryl methyl sites for hydroxylation is 1. The highest BCUT2D eigenvalue weighted by molar-refractivity contribution is 4.75. The molecule has 0 saturated carbocycles. The van der Waals surface area contributed by atoms with E-state index in [2.05, 4.69) is 26.7 Å². The van der Waals surface area contributed by atoms with E-state index in [9.17, 15) is 0 Å². The molecule has 0 radical (unpaired) electrons. The van der Waals surface area contributed by atoms with E-state index in [0.29, 0.717) is 6.10 Å². The molecule has 1 atom stereocenters. The Balaban J connectivity index is 1.52. The molecular formula is C13H24N4O. The minimum atomic E-state index is 0.354. The van der Waals surface area contributed by atoms with Gasteiger partial charge in [-0.1, -0.05) is 6.92 Å². The van der Waals surface area contributed by atoms with E-state index in [1.54, 1.807) is 0 Å². The first-order valence-electron chi connectivity index (χ1n) is 6.89. The van der Waals surface area contributed by atoms with Gasteiger partial charge in [0.15, 0.2) is 0 Å². The molecule has 0 aromatic carbocycles. The van der Waals surface area contributed by atoms with Crippen LogP contribution in [-0.2, 0) is 11.3 Å².